The zero-order chi connectivity index (χ0) is 24.3. The third-order valence-corrected chi connectivity index (χ3v) is 7.63. The number of hydrogen-bond donors (Lipinski definition) is 2. The van der Waals surface area contributed by atoms with Gasteiger partial charge in [-0.15, -0.1) is 0 Å². The fourth-order valence-corrected chi connectivity index (χ4v) is 5.91. The lowest BCUT2D eigenvalue weighted by Crippen LogP contribution is -2.53. The van der Waals surface area contributed by atoms with E-state index in [1.165, 1.54) is 0 Å². The summed E-state index contributed by atoms with van der Waals surface area (Å²) in [7, 11) is 1.60. The first kappa shape index (κ1) is 22.1. The van der Waals surface area contributed by atoms with E-state index in [0.717, 1.165) is 45.0 Å². The molecule has 35 heavy (non-hydrogen) atoms. The van der Waals surface area contributed by atoms with E-state index >= 15 is 0 Å². The van der Waals surface area contributed by atoms with Crippen molar-refractivity contribution in [1.29, 1.82) is 0 Å². The van der Waals surface area contributed by atoms with Gasteiger partial charge in [0.2, 0.25) is 0 Å². The fourth-order valence-electron chi connectivity index (χ4n) is 5.55. The first-order valence-corrected chi connectivity index (χ1v) is 12.4. The fraction of sp³-hybridized carbons (Fsp3) is 0.214. The molecule has 3 heterocycles. The number of nitrogens with zero attached hydrogens (tertiary/aromatic N) is 1. The highest BCUT2D eigenvalue weighted by Gasteiger charge is 2.54. The maximum Gasteiger partial charge on any atom is 0.262 e. The maximum absolute atomic E-state index is 14.2. The summed E-state index contributed by atoms with van der Waals surface area (Å²) in [6.07, 6.45) is 1.60. The van der Waals surface area contributed by atoms with E-state index in [0.29, 0.717) is 17.0 Å². The molecule has 2 aliphatic rings. The minimum atomic E-state index is -1.20. The number of aromatic nitrogens is 1. The third kappa shape index (κ3) is 3.18. The summed E-state index contributed by atoms with van der Waals surface area (Å²) in [6, 6.07) is 20.9. The first-order chi connectivity index (χ1) is 16.9. The second-order valence-electron chi connectivity index (χ2n) is 9.19. The highest BCUT2D eigenvalue weighted by atomic mass is 79.9. The Morgan fingerprint density at radius 2 is 1.89 bits per heavy atom. The molecule has 2 unspecified atom stereocenters. The number of para-hydroxylation sites is 1. The second-order valence-corrected chi connectivity index (χ2v) is 10.1. The number of methoxy groups -OCH3 is 1. The molecule has 2 N–H and O–H groups in total. The van der Waals surface area contributed by atoms with Crippen molar-refractivity contribution in [3.8, 4) is 5.75 Å². The Bertz CT molecular complexity index is 1510. The van der Waals surface area contributed by atoms with Crippen molar-refractivity contribution in [1.82, 2.24) is 9.88 Å². The quantitative estimate of drug-likeness (QED) is 0.373. The lowest BCUT2D eigenvalue weighted by molar-refractivity contribution is -0.120. The predicted octanol–water partition coefficient (Wildman–Crippen LogP) is 5.22. The molecule has 1 spiro atoms. The summed E-state index contributed by atoms with van der Waals surface area (Å²) in [5.74, 6) is 0.322. The third-order valence-electron chi connectivity index (χ3n) is 7.14. The Hall–Kier alpha value is -3.42. The number of anilines is 1. The average molecular weight is 530 g/mol. The van der Waals surface area contributed by atoms with E-state index < -0.39 is 5.54 Å². The van der Waals surface area contributed by atoms with Crippen molar-refractivity contribution in [3.63, 3.8) is 0 Å². The molecular weight excluding hydrogens is 506 g/mol. The minimum absolute atomic E-state index is 0.0568. The van der Waals surface area contributed by atoms with Crippen molar-refractivity contribution in [2.75, 3.05) is 12.4 Å². The lowest BCUT2D eigenvalue weighted by atomic mass is 9.85. The van der Waals surface area contributed by atoms with Gasteiger partial charge in [0, 0.05) is 32.7 Å². The van der Waals surface area contributed by atoms with E-state index in [1.807, 2.05) is 42.5 Å². The Morgan fingerprint density at radius 3 is 2.66 bits per heavy atom. The van der Waals surface area contributed by atoms with Crippen LogP contribution >= 0.6 is 15.9 Å². The largest absolute Gasteiger partial charge is 0.497 e. The van der Waals surface area contributed by atoms with Crippen molar-refractivity contribution in [2.24, 2.45) is 0 Å². The van der Waals surface area contributed by atoms with E-state index in [2.05, 4.69) is 33.5 Å². The van der Waals surface area contributed by atoms with Crippen LogP contribution in [0.5, 0.6) is 5.75 Å². The summed E-state index contributed by atoms with van der Waals surface area (Å²) in [5, 5.41) is 7.72. The maximum atomic E-state index is 14.2. The van der Waals surface area contributed by atoms with Gasteiger partial charge >= 0.3 is 0 Å². The summed E-state index contributed by atoms with van der Waals surface area (Å²) in [6.45, 7) is 2.09. The molecule has 2 aliphatic heterocycles. The van der Waals surface area contributed by atoms with Gasteiger partial charge in [0.05, 0.1) is 18.3 Å². The van der Waals surface area contributed by atoms with Gasteiger partial charge in [-0.05, 0) is 73.9 Å². The Balaban J connectivity index is 1.70. The van der Waals surface area contributed by atoms with E-state index in [1.54, 1.807) is 35.9 Å². The molecule has 6 rings (SSSR count). The molecular formula is C28H24BrN3O3. The molecule has 0 saturated carbocycles. The molecule has 0 bridgehead atoms. The van der Waals surface area contributed by atoms with Gasteiger partial charge in [-0.3, -0.25) is 19.5 Å². The van der Waals surface area contributed by atoms with Crippen LogP contribution in [0.1, 0.15) is 40.5 Å². The summed E-state index contributed by atoms with van der Waals surface area (Å²) >= 11 is 3.59. The molecule has 6 nitrogen and oxygen atoms in total. The number of rotatable bonds is 2. The molecule has 3 aromatic carbocycles. The number of benzene rings is 3. The average Bonchev–Trinajstić information content (AvgIpc) is 3.28. The topological polar surface area (TPSA) is 72.4 Å². The van der Waals surface area contributed by atoms with Crippen LogP contribution in [0.4, 0.5) is 5.69 Å². The predicted molar refractivity (Wildman–Crippen MR) is 139 cm³/mol. The van der Waals surface area contributed by atoms with Crippen LogP contribution in [0.15, 0.2) is 71.2 Å². The molecule has 0 fully saturated rings. The van der Waals surface area contributed by atoms with Crippen molar-refractivity contribution in [2.45, 2.75) is 31.3 Å². The Labute approximate surface area is 211 Å². The van der Waals surface area contributed by atoms with Gasteiger partial charge in [-0.1, -0.05) is 34.1 Å². The van der Waals surface area contributed by atoms with Crippen LogP contribution < -0.4 is 15.4 Å². The molecule has 0 radical (unpaired) electrons. The Morgan fingerprint density at radius 1 is 1.11 bits per heavy atom. The molecule has 1 aromatic heterocycles. The van der Waals surface area contributed by atoms with Crippen LogP contribution in [-0.4, -0.2) is 29.5 Å². The molecule has 0 aliphatic carbocycles. The van der Waals surface area contributed by atoms with Crippen LogP contribution in [0, 0.1) is 0 Å². The number of carbonyl (C=O) groups excluding carboxylic acids is 2. The van der Waals surface area contributed by atoms with Gasteiger partial charge in [-0.25, -0.2) is 0 Å². The summed E-state index contributed by atoms with van der Waals surface area (Å²) in [5.41, 5.74) is 3.41. The van der Waals surface area contributed by atoms with Crippen molar-refractivity contribution >= 4 is 44.3 Å². The van der Waals surface area contributed by atoms with Gasteiger partial charge in [0.15, 0.2) is 5.54 Å². The van der Waals surface area contributed by atoms with Crippen LogP contribution in [0.3, 0.4) is 0 Å². The number of hydrogen-bond acceptors (Lipinski definition) is 4. The van der Waals surface area contributed by atoms with Crippen LogP contribution in [0.25, 0.3) is 10.9 Å². The SMILES string of the molecule is COc1ccc(C(=O)n2c3c(c4ccccc42)CCC(C)NC32C(=O)Nc3ccc(Br)cc32)cc1. The van der Waals surface area contributed by atoms with Crippen LogP contribution in [0.2, 0.25) is 0 Å². The molecule has 1 amide bonds. The monoisotopic (exact) mass is 529 g/mol. The zero-order valence-corrected chi connectivity index (χ0v) is 21.0. The number of amides is 1. The minimum Gasteiger partial charge on any atom is -0.497 e. The van der Waals surface area contributed by atoms with E-state index in [-0.39, 0.29) is 17.9 Å². The smallest absolute Gasteiger partial charge is 0.262 e. The van der Waals surface area contributed by atoms with Gasteiger partial charge in [0.25, 0.3) is 11.8 Å². The molecule has 176 valence electrons. The number of halogens is 1. The van der Waals surface area contributed by atoms with Gasteiger partial charge < -0.3 is 10.1 Å². The highest BCUT2D eigenvalue weighted by Crippen LogP contribution is 2.48. The normalized spacial score (nSPS) is 20.9. The number of nitrogens with one attached hydrogen (secondary N) is 2. The zero-order valence-electron chi connectivity index (χ0n) is 19.4. The lowest BCUT2D eigenvalue weighted by Gasteiger charge is -2.32. The number of fused-ring (bicyclic) bond motifs is 6. The van der Waals surface area contributed by atoms with Gasteiger partial charge in [0.1, 0.15) is 5.75 Å². The van der Waals surface area contributed by atoms with Crippen molar-refractivity contribution < 1.29 is 14.3 Å². The highest BCUT2D eigenvalue weighted by molar-refractivity contribution is 9.10. The number of ether oxygens (including phenoxy) is 1. The standard InChI is InChI=1S/C28H24BrN3O3/c1-16-7-13-21-20-5-3-4-6-24(20)32(26(33)17-8-11-19(35-2)12-9-17)25(21)28(31-16)22-15-18(29)10-14-23(22)30-27(28)34/h3-6,8-12,14-16,31H,7,13H2,1-2H3,(H,30,34). The molecule has 2 atom stereocenters. The molecule has 7 heteroatoms. The summed E-state index contributed by atoms with van der Waals surface area (Å²) < 4.78 is 7.90. The molecule has 4 aromatic rings. The molecule has 0 saturated heterocycles. The second kappa shape index (κ2) is 8.07. The van der Waals surface area contributed by atoms with Gasteiger partial charge in [-0.2, -0.15) is 0 Å². The Kier molecular flexibility index (Phi) is 5.09. The summed E-state index contributed by atoms with van der Waals surface area (Å²) in [4.78, 5) is 28.1. The van der Waals surface area contributed by atoms with E-state index in [4.69, 9.17) is 4.74 Å². The van der Waals surface area contributed by atoms with Crippen molar-refractivity contribution in [3.05, 3.63) is 93.6 Å². The number of carbonyl (C=O) groups is 2. The first-order valence-electron chi connectivity index (χ1n) is 11.6. The number of aryl methyl sites for hydroxylation is 1. The van der Waals surface area contributed by atoms with E-state index in [9.17, 15) is 9.59 Å². The van der Waals surface area contributed by atoms with Crippen LogP contribution in [-0.2, 0) is 16.8 Å².